The fourth-order valence-corrected chi connectivity index (χ4v) is 3.44. The van der Waals surface area contributed by atoms with Crippen LogP contribution in [0.2, 0.25) is 5.02 Å². The van der Waals surface area contributed by atoms with Gasteiger partial charge in [-0.3, -0.25) is 4.79 Å². The predicted molar refractivity (Wildman–Crippen MR) is 118 cm³/mol. The van der Waals surface area contributed by atoms with Gasteiger partial charge in [0, 0.05) is 50.0 Å². The number of nitrogens with one attached hydrogen (secondary N) is 3. The second-order valence-corrected chi connectivity index (χ2v) is 7.69. The molecule has 2 aromatic carbocycles. The Bertz CT molecular complexity index is 840. The maximum absolute atomic E-state index is 12.6. The number of carbonyl (C=O) groups is 2. The van der Waals surface area contributed by atoms with Crippen molar-refractivity contribution in [3.8, 4) is 0 Å². The third-order valence-corrected chi connectivity index (χ3v) is 5.16. The molecule has 3 N–H and O–H groups in total. The smallest absolute Gasteiger partial charge is 0.319 e. The summed E-state index contributed by atoms with van der Waals surface area (Å²) >= 11 is 5.86. The molecule has 160 valence electrons. The molecule has 0 bridgehead atoms. The van der Waals surface area contributed by atoms with Crippen LogP contribution in [0, 0.1) is 0 Å². The molecule has 8 heteroatoms. The van der Waals surface area contributed by atoms with Crippen molar-refractivity contribution in [1.82, 2.24) is 15.5 Å². The SMILES string of the molecule is COC[C@@H]1CN(C(=O)Cc2ccc(NC(=O)NCc3ccc(Cl)cc3)cc2)CCN1. The Kier molecular flexibility index (Phi) is 8.07. The van der Waals surface area contributed by atoms with Gasteiger partial charge in [-0.1, -0.05) is 35.9 Å². The lowest BCUT2D eigenvalue weighted by Gasteiger charge is -2.33. The Labute approximate surface area is 181 Å². The Morgan fingerprint density at radius 2 is 1.83 bits per heavy atom. The molecular weight excluding hydrogens is 404 g/mol. The maximum Gasteiger partial charge on any atom is 0.319 e. The van der Waals surface area contributed by atoms with Crippen molar-refractivity contribution in [3.63, 3.8) is 0 Å². The molecule has 30 heavy (non-hydrogen) atoms. The molecule has 1 saturated heterocycles. The number of urea groups is 1. The minimum atomic E-state index is -0.293. The number of hydrogen-bond donors (Lipinski definition) is 3. The van der Waals surface area contributed by atoms with Crippen LogP contribution in [0.1, 0.15) is 11.1 Å². The lowest BCUT2D eigenvalue weighted by Crippen LogP contribution is -2.54. The first-order chi connectivity index (χ1) is 14.5. The highest BCUT2D eigenvalue weighted by Gasteiger charge is 2.23. The molecule has 0 spiro atoms. The summed E-state index contributed by atoms with van der Waals surface area (Å²) in [7, 11) is 1.66. The summed E-state index contributed by atoms with van der Waals surface area (Å²) in [5.74, 6) is 0.0963. The van der Waals surface area contributed by atoms with E-state index in [9.17, 15) is 9.59 Å². The zero-order valence-electron chi connectivity index (χ0n) is 17.0. The Hall–Kier alpha value is -2.61. The summed E-state index contributed by atoms with van der Waals surface area (Å²) in [6.45, 7) is 3.12. The van der Waals surface area contributed by atoms with E-state index in [0.717, 1.165) is 17.7 Å². The normalized spacial score (nSPS) is 16.2. The third kappa shape index (κ3) is 6.73. The van der Waals surface area contributed by atoms with E-state index < -0.39 is 0 Å². The summed E-state index contributed by atoms with van der Waals surface area (Å²) in [6, 6.07) is 14.5. The molecule has 2 aromatic rings. The monoisotopic (exact) mass is 430 g/mol. The lowest BCUT2D eigenvalue weighted by molar-refractivity contribution is -0.131. The number of carbonyl (C=O) groups excluding carboxylic acids is 2. The third-order valence-electron chi connectivity index (χ3n) is 4.91. The molecule has 0 aliphatic carbocycles. The largest absolute Gasteiger partial charge is 0.383 e. The highest BCUT2D eigenvalue weighted by atomic mass is 35.5. The second kappa shape index (κ2) is 11.0. The highest BCUT2D eigenvalue weighted by Crippen LogP contribution is 2.13. The van der Waals surface area contributed by atoms with Gasteiger partial charge in [0.05, 0.1) is 13.0 Å². The molecule has 3 amide bonds. The van der Waals surface area contributed by atoms with Crippen molar-refractivity contribution in [1.29, 1.82) is 0 Å². The number of ether oxygens (including phenoxy) is 1. The van der Waals surface area contributed by atoms with Crippen molar-refractivity contribution in [3.05, 3.63) is 64.7 Å². The topological polar surface area (TPSA) is 82.7 Å². The molecule has 0 radical (unpaired) electrons. The van der Waals surface area contributed by atoms with Gasteiger partial charge in [-0.25, -0.2) is 4.79 Å². The minimum Gasteiger partial charge on any atom is -0.383 e. The van der Waals surface area contributed by atoms with Gasteiger partial charge < -0.3 is 25.6 Å². The minimum absolute atomic E-state index is 0.0963. The number of rotatable bonds is 7. The maximum atomic E-state index is 12.6. The van der Waals surface area contributed by atoms with Crippen molar-refractivity contribution in [2.45, 2.75) is 19.0 Å². The summed E-state index contributed by atoms with van der Waals surface area (Å²) < 4.78 is 5.17. The zero-order valence-corrected chi connectivity index (χ0v) is 17.7. The number of nitrogens with zero attached hydrogens (tertiary/aromatic N) is 1. The summed E-state index contributed by atoms with van der Waals surface area (Å²) in [5.41, 5.74) is 2.54. The van der Waals surface area contributed by atoms with Crippen molar-refractivity contribution < 1.29 is 14.3 Å². The van der Waals surface area contributed by atoms with Gasteiger partial charge in [-0.15, -0.1) is 0 Å². The van der Waals surface area contributed by atoms with Gasteiger partial charge in [-0.05, 0) is 35.4 Å². The molecule has 7 nitrogen and oxygen atoms in total. The van der Waals surface area contributed by atoms with Crippen LogP contribution < -0.4 is 16.0 Å². The van der Waals surface area contributed by atoms with Crippen molar-refractivity contribution in [2.75, 3.05) is 38.7 Å². The molecule has 1 aliphatic heterocycles. The van der Waals surface area contributed by atoms with E-state index in [4.69, 9.17) is 16.3 Å². The number of methoxy groups -OCH3 is 1. The quantitative estimate of drug-likeness (QED) is 0.630. The summed E-state index contributed by atoms with van der Waals surface area (Å²) in [4.78, 5) is 26.5. The van der Waals surface area contributed by atoms with Gasteiger partial charge in [0.1, 0.15) is 0 Å². The van der Waals surface area contributed by atoms with Crippen LogP contribution in [-0.2, 0) is 22.5 Å². The number of halogens is 1. The summed E-state index contributed by atoms with van der Waals surface area (Å²) in [5, 5.41) is 9.60. The lowest BCUT2D eigenvalue weighted by atomic mass is 10.1. The van der Waals surface area contributed by atoms with E-state index in [1.54, 1.807) is 31.4 Å². The predicted octanol–water partition coefficient (Wildman–Crippen LogP) is 2.65. The Morgan fingerprint density at radius 1 is 1.13 bits per heavy atom. The number of benzene rings is 2. The average Bonchev–Trinajstić information content (AvgIpc) is 2.75. The van der Waals surface area contributed by atoms with Crippen LogP contribution in [0.15, 0.2) is 48.5 Å². The molecule has 0 unspecified atom stereocenters. The molecule has 1 fully saturated rings. The standard InChI is InChI=1S/C22H27ClN4O3/c1-30-15-20-14-27(11-10-24-20)21(28)12-16-4-8-19(9-5-16)26-22(29)25-13-17-2-6-18(23)7-3-17/h2-9,20,24H,10-15H2,1H3,(H2,25,26,29)/t20-/m0/s1. The summed E-state index contributed by atoms with van der Waals surface area (Å²) in [6.07, 6.45) is 0.336. The van der Waals surface area contributed by atoms with E-state index in [1.165, 1.54) is 0 Å². The second-order valence-electron chi connectivity index (χ2n) is 7.25. The van der Waals surface area contributed by atoms with Gasteiger partial charge in [0.25, 0.3) is 0 Å². The van der Waals surface area contributed by atoms with Gasteiger partial charge in [0.15, 0.2) is 0 Å². The molecule has 0 aromatic heterocycles. The fourth-order valence-electron chi connectivity index (χ4n) is 3.32. The van der Waals surface area contributed by atoms with E-state index in [0.29, 0.717) is 43.4 Å². The van der Waals surface area contributed by atoms with Crippen LogP contribution >= 0.6 is 11.6 Å². The molecule has 0 saturated carbocycles. The van der Waals surface area contributed by atoms with E-state index >= 15 is 0 Å². The number of hydrogen-bond acceptors (Lipinski definition) is 4. The van der Waals surface area contributed by atoms with Crippen LogP contribution in [0.5, 0.6) is 0 Å². The van der Waals surface area contributed by atoms with Crippen LogP contribution in [0.4, 0.5) is 10.5 Å². The Balaban J connectivity index is 1.45. The van der Waals surface area contributed by atoms with E-state index in [2.05, 4.69) is 16.0 Å². The zero-order chi connectivity index (χ0) is 21.3. The van der Waals surface area contributed by atoms with Crippen molar-refractivity contribution in [2.24, 2.45) is 0 Å². The van der Waals surface area contributed by atoms with Crippen LogP contribution in [-0.4, -0.2) is 56.2 Å². The first-order valence-corrected chi connectivity index (χ1v) is 10.3. The first-order valence-electron chi connectivity index (χ1n) is 9.92. The van der Waals surface area contributed by atoms with E-state index in [-0.39, 0.29) is 18.0 Å². The molecule has 1 aliphatic rings. The molecule has 1 heterocycles. The molecular formula is C22H27ClN4O3. The first kappa shape index (κ1) is 22.1. The van der Waals surface area contributed by atoms with E-state index in [1.807, 2.05) is 29.2 Å². The van der Waals surface area contributed by atoms with Gasteiger partial charge in [0.2, 0.25) is 5.91 Å². The van der Waals surface area contributed by atoms with Gasteiger partial charge in [-0.2, -0.15) is 0 Å². The number of amides is 3. The fraction of sp³-hybridized carbons (Fsp3) is 0.364. The average molecular weight is 431 g/mol. The molecule has 1 atom stereocenters. The van der Waals surface area contributed by atoms with Crippen LogP contribution in [0.25, 0.3) is 0 Å². The number of anilines is 1. The Morgan fingerprint density at radius 3 is 2.53 bits per heavy atom. The van der Waals surface area contributed by atoms with Crippen LogP contribution in [0.3, 0.4) is 0 Å². The number of piperazine rings is 1. The highest BCUT2D eigenvalue weighted by molar-refractivity contribution is 6.30. The van der Waals surface area contributed by atoms with Gasteiger partial charge >= 0.3 is 6.03 Å². The molecule has 3 rings (SSSR count). The van der Waals surface area contributed by atoms with Crippen molar-refractivity contribution >= 4 is 29.2 Å².